The fourth-order valence-electron chi connectivity index (χ4n) is 4.72. The molecule has 0 saturated carbocycles. The average molecular weight is 624 g/mol. The van der Waals surface area contributed by atoms with Gasteiger partial charge in [0, 0.05) is 10.0 Å². The van der Waals surface area contributed by atoms with Crippen LogP contribution in [-0.2, 0) is 6.61 Å². The summed E-state index contributed by atoms with van der Waals surface area (Å²) in [6.45, 7) is 2.43. The number of methoxy groups -OCH3 is 2. The number of benzene rings is 4. The molecule has 9 heteroatoms. The number of furan rings is 1. The number of para-hydroxylation sites is 1. The summed E-state index contributed by atoms with van der Waals surface area (Å²) in [6, 6.07) is 26.2. The van der Waals surface area contributed by atoms with Crippen LogP contribution in [0.4, 0.5) is 0 Å². The highest BCUT2D eigenvalue weighted by atomic mass is 79.9. The molecule has 0 unspecified atom stereocenters. The number of fused-ring (bicyclic) bond motifs is 2. The molecule has 0 radical (unpaired) electrons. The van der Waals surface area contributed by atoms with Crippen LogP contribution in [0.3, 0.4) is 0 Å². The second-order valence-electron chi connectivity index (χ2n) is 9.60. The SMILES string of the molecule is COc1cc(C=Nn2c(-c3cc4c(OC)cccc4o3)nc3ccccc3c2=O)c(Br)cc1OCc1cccc(C)c1. The normalized spacial score (nSPS) is 11.4. The topological polar surface area (TPSA) is 88.1 Å². The number of ether oxygens (including phenoxy) is 3. The van der Waals surface area contributed by atoms with Crippen molar-refractivity contribution in [2.45, 2.75) is 13.5 Å². The molecular formula is C33H26BrN3O5. The number of aryl methyl sites for hydroxylation is 1. The van der Waals surface area contributed by atoms with Crippen LogP contribution in [0.25, 0.3) is 33.5 Å². The molecule has 2 heterocycles. The number of hydrogen-bond donors (Lipinski definition) is 0. The Hall–Kier alpha value is -4.89. The highest BCUT2D eigenvalue weighted by molar-refractivity contribution is 9.10. The van der Waals surface area contributed by atoms with Gasteiger partial charge in [0.2, 0.25) is 5.82 Å². The van der Waals surface area contributed by atoms with Crippen molar-refractivity contribution in [3.05, 3.63) is 116 Å². The van der Waals surface area contributed by atoms with Crippen LogP contribution in [0.5, 0.6) is 17.2 Å². The predicted molar refractivity (Wildman–Crippen MR) is 167 cm³/mol. The van der Waals surface area contributed by atoms with Gasteiger partial charge < -0.3 is 18.6 Å². The van der Waals surface area contributed by atoms with Gasteiger partial charge in [-0.1, -0.05) is 48.0 Å². The Morgan fingerprint density at radius 1 is 0.905 bits per heavy atom. The lowest BCUT2D eigenvalue weighted by atomic mass is 10.1. The molecule has 6 aromatic rings. The predicted octanol–water partition coefficient (Wildman–Crippen LogP) is 7.36. The highest BCUT2D eigenvalue weighted by Gasteiger charge is 2.18. The zero-order chi connectivity index (χ0) is 29.2. The number of rotatable bonds is 8. The smallest absolute Gasteiger partial charge is 0.282 e. The van der Waals surface area contributed by atoms with Crippen LogP contribution < -0.4 is 19.8 Å². The van der Waals surface area contributed by atoms with Gasteiger partial charge in [0.1, 0.15) is 17.9 Å². The molecule has 4 aromatic carbocycles. The van der Waals surface area contributed by atoms with E-state index in [2.05, 4.69) is 27.1 Å². The first kappa shape index (κ1) is 27.3. The van der Waals surface area contributed by atoms with E-state index in [0.717, 1.165) is 16.5 Å². The van der Waals surface area contributed by atoms with Crippen LogP contribution in [0, 0.1) is 6.92 Å². The maximum Gasteiger partial charge on any atom is 0.282 e. The Balaban J connectivity index is 1.41. The molecule has 0 aliphatic rings. The fourth-order valence-corrected chi connectivity index (χ4v) is 5.14. The third kappa shape index (κ3) is 5.26. The molecule has 0 aliphatic heterocycles. The summed E-state index contributed by atoms with van der Waals surface area (Å²) in [5, 5.41) is 5.78. The van der Waals surface area contributed by atoms with E-state index in [0.29, 0.717) is 56.1 Å². The Kier molecular flexibility index (Phi) is 7.50. The lowest BCUT2D eigenvalue weighted by Gasteiger charge is -2.13. The molecule has 0 atom stereocenters. The molecule has 0 saturated heterocycles. The highest BCUT2D eigenvalue weighted by Crippen LogP contribution is 2.35. The van der Waals surface area contributed by atoms with Gasteiger partial charge in [-0.2, -0.15) is 9.78 Å². The van der Waals surface area contributed by atoms with E-state index in [9.17, 15) is 4.79 Å². The minimum Gasteiger partial charge on any atom is -0.496 e. The third-order valence-corrected chi connectivity index (χ3v) is 7.47. The van der Waals surface area contributed by atoms with Crippen LogP contribution in [0.2, 0.25) is 0 Å². The first-order valence-corrected chi connectivity index (χ1v) is 13.9. The summed E-state index contributed by atoms with van der Waals surface area (Å²) in [5.41, 5.74) is 3.70. The molecule has 210 valence electrons. The maximum absolute atomic E-state index is 13.7. The molecule has 8 nitrogen and oxygen atoms in total. The third-order valence-electron chi connectivity index (χ3n) is 6.79. The first-order valence-electron chi connectivity index (χ1n) is 13.1. The first-order chi connectivity index (χ1) is 20.4. The number of hydrogen-bond acceptors (Lipinski definition) is 7. The van der Waals surface area contributed by atoms with E-state index in [1.165, 1.54) is 4.68 Å². The van der Waals surface area contributed by atoms with E-state index < -0.39 is 0 Å². The molecule has 42 heavy (non-hydrogen) atoms. The van der Waals surface area contributed by atoms with Crippen molar-refractivity contribution in [3.63, 3.8) is 0 Å². The van der Waals surface area contributed by atoms with Crippen molar-refractivity contribution in [2.75, 3.05) is 14.2 Å². The summed E-state index contributed by atoms with van der Waals surface area (Å²) in [7, 11) is 3.18. The molecule has 0 bridgehead atoms. The zero-order valence-corrected chi connectivity index (χ0v) is 24.7. The number of aromatic nitrogens is 2. The maximum atomic E-state index is 13.7. The lowest BCUT2D eigenvalue weighted by molar-refractivity contribution is 0.284. The fraction of sp³-hybridized carbons (Fsp3) is 0.121. The second kappa shape index (κ2) is 11.5. The Morgan fingerprint density at radius 3 is 2.52 bits per heavy atom. The van der Waals surface area contributed by atoms with E-state index >= 15 is 0 Å². The molecule has 6 rings (SSSR count). The largest absolute Gasteiger partial charge is 0.496 e. The molecular weight excluding hydrogens is 598 g/mol. The summed E-state index contributed by atoms with van der Waals surface area (Å²) in [5.74, 6) is 2.40. The Morgan fingerprint density at radius 2 is 1.71 bits per heavy atom. The van der Waals surface area contributed by atoms with Crippen molar-refractivity contribution >= 4 is 44.0 Å². The van der Waals surface area contributed by atoms with E-state index in [1.54, 1.807) is 50.8 Å². The second-order valence-corrected chi connectivity index (χ2v) is 10.5. The van der Waals surface area contributed by atoms with Gasteiger partial charge in [-0.05, 0) is 70.9 Å². The lowest BCUT2D eigenvalue weighted by Crippen LogP contribution is -2.20. The monoisotopic (exact) mass is 623 g/mol. The van der Waals surface area contributed by atoms with Gasteiger partial charge in [0.25, 0.3) is 5.56 Å². The van der Waals surface area contributed by atoms with Crippen LogP contribution >= 0.6 is 15.9 Å². The van der Waals surface area contributed by atoms with E-state index in [1.807, 2.05) is 55.5 Å². The average Bonchev–Trinajstić information content (AvgIpc) is 3.45. The van der Waals surface area contributed by atoms with Crippen LogP contribution in [0.1, 0.15) is 16.7 Å². The van der Waals surface area contributed by atoms with Gasteiger partial charge in [-0.15, -0.1) is 0 Å². The Bertz CT molecular complexity index is 2030. The van der Waals surface area contributed by atoms with Gasteiger partial charge in [0.15, 0.2) is 17.3 Å². The van der Waals surface area contributed by atoms with E-state index in [4.69, 9.17) is 23.6 Å². The van der Waals surface area contributed by atoms with Gasteiger partial charge in [-0.3, -0.25) is 4.79 Å². The van der Waals surface area contributed by atoms with Gasteiger partial charge >= 0.3 is 0 Å². The van der Waals surface area contributed by atoms with Gasteiger partial charge in [0.05, 0.1) is 36.7 Å². The molecule has 0 amide bonds. The molecule has 2 aromatic heterocycles. The summed E-state index contributed by atoms with van der Waals surface area (Å²) < 4.78 is 25.3. The zero-order valence-electron chi connectivity index (χ0n) is 23.1. The summed E-state index contributed by atoms with van der Waals surface area (Å²) in [6.07, 6.45) is 1.57. The van der Waals surface area contributed by atoms with Crippen LogP contribution in [0.15, 0.2) is 104 Å². The summed E-state index contributed by atoms with van der Waals surface area (Å²) >= 11 is 3.62. The number of halogens is 1. The van der Waals surface area contributed by atoms with Crippen molar-refractivity contribution in [1.29, 1.82) is 0 Å². The van der Waals surface area contributed by atoms with Gasteiger partial charge in [-0.25, -0.2) is 4.98 Å². The quantitative estimate of drug-likeness (QED) is 0.165. The minimum absolute atomic E-state index is 0.259. The van der Waals surface area contributed by atoms with Crippen molar-refractivity contribution in [2.24, 2.45) is 5.10 Å². The molecule has 0 N–H and O–H groups in total. The Labute approximate surface area is 249 Å². The minimum atomic E-state index is -0.333. The van der Waals surface area contributed by atoms with Crippen LogP contribution in [-0.4, -0.2) is 30.1 Å². The van der Waals surface area contributed by atoms with E-state index in [-0.39, 0.29) is 11.4 Å². The number of nitrogens with zero attached hydrogens (tertiary/aromatic N) is 3. The van der Waals surface area contributed by atoms with Crippen molar-refractivity contribution in [1.82, 2.24) is 9.66 Å². The molecule has 0 fully saturated rings. The van der Waals surface area contributed by atoms with Crippen molar-refractivity contribution in [3.8, 4) is 28.8 Å². The molecule has 0 spiro atoms. The standard InChI is InChI=1S/C33H26BrN3O5/c1-20-8-6-9-21(14-20)19-41-30-17-25(34)22(15-29(30)40-3)18-35-37-32(36-26-11-5-4-10-23(26)33(37)38)31-16-24-27(39-2)12-7-13-28(24)42-31/h4-18H,19H2,1-3H3. The van der Waals surface area contributed by atoms with Crippen molar-refractivity contribution < 1.29 is 18.6 Å². The summed E-state index contributed by atoms with van der Waals surface area (Å²) in [4.78, 5) is 18.4. The molecule has 0 aliphatic carbocycles.